The summed E-state index contributed by atoms with van der Waals surface area (Å²) in [5, 5.41) is 3.09. The van der Waals surface area contributed by atoms with Crippen LogP contribution in [0.15, 0.2) is 41.1 Å². The minimum atomic E-state index is -0.358. The highest BCUT2D eigenvalue weighted by molar-refractivity contribution is 9.10. The molecule has 1 aromatic heterocycles. The SMILES string of the molecule is CNCc1cccc(Br)c1OCc1cncc(F)c1. The molecule has 0 atom stereocenters. The van der Waals surface area contributed by atoms with Gasteiger partial charge in [-0.05, 0) is 35.1 Å². The molecule has 0 fully saturated rings. The quantitative estimate of drug-likeness (QED) is 0.916. The molecule has 3 nitrogen and oxygen atoms in total. The van der Waals surface area contributed by atoms with Crippen molar-refractivity contribution in [2.24, 2.45) is 0 Å². The monoisotopic (exact) mass is 324 g/mol. The van der Waals surface area contributed by atoms with Crippen LogP contribution in [0.1, 0.15) is 11.1 Å². The number of rotatable bonds is 5. The topological polar surface area (TPSA) is 34.1 Å². The van der Waals surface area contributed by atoms with Crippen molar-refractivity contribution in [3.05, 3.63) is 58.1 Å². The van der Waals surface area contributed by atoms with Gasteiger partial charge in [0.2, 0.25) is 0 Å². The first-order valence-electron chi connectivity index (χ1n) is 5.85. The number of aromatic nitrogens is 1. The molecule has 1 N–H and O–H groups in total. The molecule has 0 saturated heterocycles. The molecular formula is C14H14BrFN2O. The van der Waals surface area contributed by atoms with Gasteiger partial charge < -0.3 is 10.1 Å². The largest absolute Gasteiger partial charge is 0.487 e. The predicted octanol–water partition coefficient (Wildman–Crippen LogP) is 3.28. The van der Waals surface area contributed by atoms with Gasteiger partial charge in [-0.2, -0.15) is 0 Å². The Morgan fingerprint density at radius 2 is 2.21 bits per heavy atom. The van der Waals surface area contributed by atoms with Gasteiger partial charge in [-0.15, -0.1) is 0 Å². The minimum absolute atomic E-state index is 0.282. The number of para-hydroxylation sites is 1. The molecule has 0 bridgehead atoms. The zero-order chi connectivity index (χ0) is 13.7. The molecule has 0 aliphatic carbocycles. The molecule has 19 heavy (non-hydrogen) atoms. The van der Waals surface area contributed by atoms with E-state index in [4.69, 9.17) is 4.74 Å². The Kier molecular flexibility index (Phi) is 4.87. The van der Waals surface area contributed by atoms with Crippen LogP contribution in [0.3, 0.4) is 0 Å². The van der Waals surface area contributed by atoms with Gasteiger partial charge in [-0.25, -0.2) is 4.39 Å². The molecule has 2 rings (SSSR count). The number of benzene rings is 1. The standard InChI is InChI=1S/C14H14BrFN2O/c1-17-7-11-3-2-4-13(15)14(11)19-9-10-5-12(16)8-18-6-10/h2-6,8,17H,7,9H2,1H3. The van der Waals surface area contributed by atoms with Crippen molar-refractivity contribution in [2.45, 2.75) is 13.2 Å². The van der Waals surface area contributed by atoms with Crippen LogP contribution < -0.4 is 10.1 Å². The first kappa shape index (κ1) is 14.0. The zero-order valence-corrected chi connectivity index (χ0v) is 12.1. The summed E-state index contributed by atoms with van der Waals surface area (Å²) in [7, 11) is 1.88. The molecule has 0 aliphatic heterocycles. The number of nitrogens with one attached hydrogen (secondary N) is 1. The molecule has 0 saturated carbocycles. The van der Waals surface area contributed by atoms with E-state index in [1.54, 1.807) is 6.20 Å². The van der Waals surface area contributed by atoms with Crippen molar-refractivity contribution in [2.75, 3.05) is 7.05 Å². The second-order valence-electron chi connectivity index (χ2n) is 4.06. The highest BCUT2D eigenvalue weighted by atomic mass is 79.9. The van der Waals surface area contributed by atoms with Gasteiger partial charge >= 0.3 is 0 Å². The molecule has 2 aromatic rings. The smallest absolute Gasteiger partial charge is 0.141 e. The first-order chi connectivity index (χ1) is 9.20. The highest BCUT2D eigenvalue weighted by Crippen LogP contribution is 2.29. The number of hydrogen-bond acceptors (Lipinski definition) is 3. The summed E-state index contributed by atoms with van der Waals surface area (Å²) >= 11 is 3.46. The lowest BCUT2D eigenvalue weighted by Gasteiger charge is -2.13. The van der Waals surface area contributed by atoms with Gasteiger partial charge in [0.05, 0.1) is 10.7 Å². The van der Waals surface area contributed by atoms with Crippen molar-refractivity contribution in [1.29, 1.82) is 0 Å². The zero-order valence-electron chi connectivity index (χ0n) is 10.5. The van der Waals surface area contributed by atoms with Crippen LogP contribution >= 0.6 is 15.9 Å². The number of hydrogen-bond donors (Lipinski definition) is 1. The van der Waals surface area contributed by atoms with Crippen molar-refractivity contribution in [3.63, 3.8) is 0 Å². The van der Waals surface area contributed by atoms with Crippen molar-refractivity contribution in [1.82, 2.24) is 10.3 Å². The molecule has 1 aromatic carbocycles. The summed E-state index contributed by atoms with van der Waals surface area (Å²) in [6.45, 7) is 0.986. The van der Waals surface area contributed by atoms with E-state index in [0.717, 1.165) is 15.8 Å². The lowest BCUT2D eigenvalue weighted by molar-refractivity contribution is 0.299. The number of pyridine rings is 1. The van der Waals surface area contributed by atoms with Crippen LogP contribution in [0.5, 0.6) is 5.75 Å². The van der Waals surface area contributed by atoms with Crippen molar-refractivity contribution >= 4 is 15.9 Å². The number of halogens is 2. The summed E-state index contributed by atoms with van der Waals surface area (Å²) in [4.78, 5) is 3.80. The Morgan fingerprint density at radius 3 is 2.95 bits per heavy atom. The van der Waals surface area contributed by atoms with Gasteiger partial charge in [0.15, 0.2) is 0 Å². The van der Waals surface area contributed by atoms with E-state index in [0.29, 0.717) is 12.1 Å². The van der Waals surface area contributed by atoms with Crippen LogP contribution in [-0.2, 0) is 13.2 Å². The van der Waals surface area contributed by atoms with E-state index >= 15 is 0 Å². The third-order valence-electron chi connectivity index (χ3n) is 2.56. The normalized spacial score (nSPS) is 10.5. The van der Waals surface area contributed by atoms with E-state index in [-0.39, 0.29) is 12.4 Å². The molecule has 0 unspecified atom stereocenters. The van der Waals surface area contributed by atoms with Crippen LogP contribution in [0.4, 0.5) is 4.39 Å². The van der Waals surface area contributed by atoms with E-state index in [2.05, 4.69) is 26.2 Å². The summed E-state index contributed by atoms with van der Waals surface area (Å²) in [6, 6.07) is 7.27. The second-order valence-corrected chi connectivity index (χ2v) is 4.91. The van der Waals surface area contributed by atoms with Gasteiger partial charge in [0, 0.05) is 23.9 Å². The summed E-state index contributed by atoms with van der Waals surface area (Å²) in [5.74, 6) is 0.407. The maximum Gasteiger partial charge on any atom is 0.141 e. The third kappa shape index (κ3) is 3.75. The van der Waals surface area contributed by atoms with Crippen LogP contribution in [0.25, 0.3) is 0 Å². The number of nitrogens with zero attached hydrogens (tertiary/aromatic N) is 1. The Labute approximate surface area is 119 Å². The van der Waals surface area contributed by atoms with Gasteiger partial charge in [0.1, 0.15) is 18.2 Å². The molecule has 0 aliphatic rings. The van der Waals surface area contributed by atoms with Gasteiger partial charge in [-0.3, -0.25) is 4.98 Å². The second kappa shape index (κ2) is 6.63. The molecule has 100 valence electrons. The van der Waals surface area contributed by atoms with E-state index < -0.39 is 0 Å². The van der Waals surface area contributed by atoms with Gasteiger partial charge in [0.25, 0.3) is 0 Å². The van der Waals surface area contributed by atoms with E-state index in [1.807, 2.05) is 25.2 Å². The van der Waals surface area contributed by atoms with Gasteiger partial charge in [-0.1, -0.05) is 12.1 Å². The maximum absolute atomic E-state index is 13.0. The molecule has 0 spiro atoms. The summed E-state index contributed by atoms with van der Waals surface area (Å²) in [5.41, 5.74) is 1.74. The summed E-state index contributed by atoms with van der Waals surface area (Å²) < 4.78 is 19.7. The van der Waals surface area contributed by atoms with Crippen LogP contribution in [0.2, 0.25) is 0 Å². The Balaban J connectivity index is 2.14. The fraction of sp³-hybridized carbons (Fsp3) is 0.214. The molecule has 0 amide bonds. The summed E-state index contributed by atoms with van der Waals surface area (Å²) in [6.07, 6.45) is 2.77. The molecule has 0 radical (unpaired) electrons. The third-order valence-corrected chi connectivity index (χ3v) is 3.18. The maximum atomic E-state index is 13.0. The molecule has 1 heterocycles. The first-order valence-corrected chi connectivity index (χ1v) is 6.64. The highest BCUT2D eigenvalue weighted by Gasteiger charge is 2.08. The van der Waals surface area contributed by atoms with Crippen LogP contribution in [-0.4, -0.2) is 12.0 Å². The Bertz CT molecular complexity index is 563. The van der Waals surface area contributed by atoms with E-state index in [9.17, 15) is 4.39 Å². The average molecular weight is 325 g/mol. The molecular weight excluding hydrogens is 311 g/mol. The lowest BCUT2D eigenvalue weighted by Crippen LogP contribution is -2.08. The van der Waals surface area contributed by atoms with Crippen molar-refractivity contribution in [3.8, 4) is 5.75 Å². The average Bonchev–Trinajstić information content (AvgIpc) is 2.38. The Hall–Kier alpha value is -1.46. The molecule has 5 heteroatoms. The fourth-order valence-electron chi connectivity index (χ4n) is 1.74. The van der Waals surface area contributed by atoms with Crippen LogP contribution in [0, 0.1) is 5.82 Å². The van der Waals surface area contributed by atoms with Crippen molar-refractivity contribution < 1.29 is 9.13 Å². The Morgan fingerprint density at radius 1 is 1.37 bits per heavy atom. The fourth-order valence-corrected chi connectivity index (χ4v) is 2.26. The predicted molar refractivity (Wildman–Crippen MR) is 75.4 cm³/mol. The lowest BCUT2D eigenvalue weighted by atomic mass is 10.2. The minimum Gasteiger partial charge on any atom is -0.487 e. The van der Waals surface area contributed by atoms with E-state index in [1.165, 1.54) is 12.3 Å². The number of ether oxygens (including phenoxy) is 1.